The molecular weight excluding hydrogens is 206 g/mol. The lowest BCUT2D eigenvalue weighted by Gasteiger charge is -2.39. The molecule has 5 heteroatoms. The van der Waals surface area contributed by atoms with Gasteiger partial charge in [-0.05, 0) is 26.4 Å². The average molecular weight is 229 g/mol. The standard InChI is InChI=1S/C11H23N3O2/c1-4-13(5-2)9(3)8-12-14-7-6-10(14)11(15)16/h9-10,12H,4-8H2,1-3H3,(H,15,16)/t9-,10-/m0/s1. The molecule has 2 atom stereocenters. The Morgan fingerprint density at radius 3 is 2.56 bits per heavy atom. The van der Waals surface area contributed by atoms with E-state index in [2.05, 4.69) is 31.1 Å². The van der Waals surface area contributed by atoms with Gasteiger partial charge < -0.3 is 5.11 Å². The molecule has 1 fully saturated rings. The van der Waals surface area contributed by atoms with Crippen LogP contribution >= 0.6 is 0 Å². The van der Waals surface area contributed by atoms with Crippen LogP contribution in [0.15, 0.2) is 0 Å². The maximum atomic E-state index is 10.8. The maximum absolute atomic E-state index is 10.8. The molecular formula is C11H23N3O2. The van der Waals surface area contributed by atoms with Gasteiger partial charge in [-0.15, -0.1) is 0 Å². The van der Waals surface area contributed by atoms with E-state index in [4.69, 9.17) is 5.11 Å². The van der Waals surface area contributed by atoms with Gasteiger partial charge in [-0.3, -0.25) is 15.1 Å². The van der Waals surface area contributed by atoms with E-state index in [0.717, 1.165) is 32.6 Å². The highest BCUT2D eigenvalue weighted by atomic mass is 16.4. The van der Waals surface area contributed by atoms with Gasteiger partial charge in [0.1, 0.15) is 6.04 Å². The van der Waals surface area contributed by atoms with Crippen LogP contribution in [0.1, 0.15) is 27.2 Å². The Hall–Kier alpha value is -0.650. The van der Waals surface area contributed by atoms with Crippen LogP contribution in [0.3, 0.4) is 0 Å². The number of carboxylic acids is 1. The first-order valence-electron chi connectivity index (χ1n) is 6.07. The van der Waals surface area contributed by atoms with Crippen LogP contribution < -0.4 is 5.43 Å². The number of hydrazine groups is 1. The molecule has 5 nitrogen and oxygen atoms in total. The van der Waals surface area contributed by atoms with Crippen LogP contribution in [-0.2, 0) is 4.79 Å². The number of nitrogens with zero attached hydrogens (tertiary/aromatic N) is 2. The molecule has 0 unspecified atom stereocenters. The Kier molecular flexibility index (Phi) is 5.18. The molecule has 1 rings (SSSR count). The molecule has 0 spiro atoms. The molecule has 0 saturated carbocycles. The van der Waals surface area contributed by atoms with Crippen molar-refractivity contribution in [1.29, 1.82) is 0 Å². The van der Waals surface area contributed by atoms with Gasteiger partial charge in [-0.1, -0.05) is 13.8 Å². The van der Waals surface area contributed by atoms with Gasteiger partial charge in [-0.25, -0.2) is 5.01 Å². The first-order valence-corrected chi connectivity index (χ1v) is 6.07. The summed E-state index contributed by atoms with van der Waals surface area (Å²) >= 11 is 0. The Bertz CT molecular complexity index is 231. The van der Waals surface area contributed by atoms with Gasteiger partial charge in [0.05, 0.1) is 0 Å². The fourth-order valence-electron chi connectivity index (χ4n) is 2.06. The Labute approximate surface area is 97.4 Å². The molecule has 1 aliphatic heterocycles. The van der Waals surface area contributed by atoms with Gasteiger partial charge in [0.15, 0.2) is 0 Å². The van der Waals surface area contributed by atoms with Crippen molar-refractivity contribution in [3.05, 3.63) is 0 Å². The quantitative estimate of drug-likeness (QED) is 0.661. The molecule has 1 heterocycles. The second-order valence-electron chi connectivity index (χ2n) is 4.27. The van der Waals surface area contributed by atoms with E-state index in [0.29, 0.717) is 6.04 Å². The highest BCUT2D eigenvalue weighted by Crippen LogP contribution is 2.14. The number of rotatable bonds is 7. The minimum atomic E-state index is -0.728. The first kappa shape index (κ1) is 13.4. The van der Waals surface area contributed by atoms with Crippen LogP contribution in [0.25, 0.3) is 0 Å². The fourth-order valence-corrected chi connectivity index (χ4v) is 2.06. The SMILES string of the molecule is CCN(CC)[C@@H](C)CNN1CC[C@H]1C(=O)O. The summed E-state index contributed by atoms with van der Waals surface area (Å²) in [6.45, 7) is 10.2. The van der Waals surface area contributed by atoms with Crippen LogP contribution in [-0.4, -0.2) is 59.2 Å². The predicted molar refractivity (Wildman–Crippen MR) is 63.1 cm³/mol. The minimum Gasteiger partial charge on any atom is -0.480 e. The van der Waals surface area contributed by atoms with Gasteiger partial charge in [0.2, 0.25) is 0 Å². The lowest BCUT2D eigenvalue weighted by Crippen LogP contribution is -2.60. The zero-order chi connectivity index (χ0) is 12.1. The summed E-state index contributed by atoms with van der Waals surface area (Å²) in [6.07, 6.45) is 0.752. The zero-order valence-corrected chi connectivity index (χ0v) is 10.4. The number of hydrogen-bond donors (Lipinski definition) is 2. The van der Waals surface area contributed by atoms with Gasteiger partial charge >= 0.3 is 5.97 Å². The van der Waals surface area contributed by atoms with Crippen molar-refractivity contribution in [3.8, 4) is 0 Å². The summed E-state index contributed by atoms with van der Waals surface area (Å²) in [4.78, 5) is 13.1. The van der Waals surface area contributed by atoms with Gasteiger partial charge in [0, 0.05) is 19.1 Å². The number of hydrogen-bond acceptors (Lipinski definition) is 4. The van der Waals surface area contributed by atoms with E-state index in [-0.39, 0.29) is 6.04 Å². The van der Waals surface area contributed by atoms with Crippen molar-refractivity contribution in [3.63, 3.8) is 0 Å². The molecule has 1 aliphatic rings. The Balaban J connectivity index is 2.26. The molecule has 0 aromatic rings. The third-order valence-corrected chi connectivity index (χ3v) is 3.33. The summed E-state index contributed by atoms with van der Waals surface area (Å²) in [5.74, 6) is -0.728. The van der Waals surface area contributed by atoms with Crippen molar-refractivity contribution < 1.29 is 9.90 Å². The molecule has 16 heavy (non-hydrogen) atoms. The minimum absolute atomic E-state index is 0.330. The van der Waals surface area contributed by atoms with E-state index in [1.54, 1.807) is 0 Å². The molecule has 0 aliphatic carbocycles. The highest BCUT2D eigenvalue weighted by molar-refractivity contribution is 5.74. The third-order valence-electron chi connectivity index (χ3n) is 3.33. The highest BCUT2D eigenvalue weighted by Gasteiger charge is 2.34. The largest absolute Gasteiger partial charge is 0.480 e. The molecule has 0 aromatic heterocycles. The molecule has 0 radical (unpaired) electrons. The monoisotopic (exact) mass is 229 g/mol. The van der Waals surface area contributed by atoms with E-state index in [1.807, 2.05) is 5.01 Å². The summed E-state index contributed by atoms with van der Waals surface area (Å²) < 4.78 is 0. The summed E-state index contributed by atoms with van der Waals surface area (Å²) in [5.41, 5.74) is 3.21. The van der Waals surface area contributed by atoms with E-state index in [9.17, 15) is 4.79 Å². The van der Waals surface area contributed by atoms with Crippen LogP contribution in [0.5, 0.6) is 0 Å². The summed E-state index contributed by atoms with van der Waals surface area (Å²) in [5, 5.41) is 10.7. The molecule has 2 N–H and O–H groups in total. The molecule has 0 bridgehead atoms. The number of nitrogens with one attached hydrogen (secondary N) is 1. The molecule has 0 amide bonds. The van der Waals surface area contributed by atoms with Crippen LogP contribution in [0.4, 0.5) is 0 Å². The lowest BCUT2D eigenvalue weighted by atomic mass is 10.1. The van der Waals surface area contributed by atoms with Crippen molar-refractivity contribution in [2.45, 2.75) is 39.3 Å². The first-order chi connectivity index (χ1) is 7.60. The molecule has 0 aromatic carbocycles. The van der Waals surface area contributed by atoms with E-state index in [1.165, 1.54) is 0 Å². The smallest absolute Gasteiger partial charge is 0.322 e. The molecule has 1 saturated heterocycles. The van der Waals surface area contributed by atoms with Crippen LogP contribution in [0.2, 0.25) is 0 Å². The molecule has 94 valence electrons. The van der Waals surface area contributed by atoms with Gasteiger partial charge in [0.25, 0.3) is 0 Å². The van der Waals surface area contributed by atoms with E-state index >= 15 is 0 Å². The van der Waals surface area contributed by atoms with E-state index < -0.39 is 5.97 Å². The van der Waals surface area contributed by atoms with Crippen molar-refractivity contribution in [2.75, 3.05) is 26.2 Å². The fraction of sp³-hybridized carbons (Fsp3) is 0.909. The van der Waals surface area contributed by atoms with Crippen LogP contribution in [0, 0.1) is 0 Å². The van der Waals surface area contributed by atoms with Gasteiger partial charge in [-0.2, -0.15) is 0 Å². The topological polar surface area (TPSA) is 55.8 Å². The van der Waals surface area contributed by atoms with Crippen molar-refractivity contribution in [1.82, 2.24) is 15.3 Å². The van der Waals surface area contributed by atoms with Crippen molar-refractivity contribution >= 4 is 5.97 Å². The van der Waals surface area contributed by atoms with Crippen molar-refractivity contribution in [2.24, 2.45) is 0 Å². The summed E-state index contributed by atoms with van der Waals surface area (Å²) in [6, 6.07) is 0.106. The Morgan fingerprint density at radius 2 is 2.19 bits per heavy atom. The number of likely N-dealkylation sites (N-methyl/N-ethyl adjacent to an activating group) is 1. The second-order valence-corrected chi connectivity index (χ2v) is 4.27. The maximum Gasteiger partial charge on any atom is 0.322 e. The zero-order valence-electron chi connectivity index (χ0n) is 10.4. The number of carbonyl (C=O) groups is 1. The average Bonchev–Trinajstić information content (AvgIpc) is 2.17. The summed E-state index contributed by atoms with van der Waals surface area (Å²) in [7, 11) is 0. The second kappa shape index (κ2) is 6.18. The number of carboxylic acid groups (broad SMARTS) is 1. The predicted octanol–water partition coefficient (Wildman–Crippen LogP) is 0.380. The lowest BCUT2D eigenvalue weighted by molar-refractivity contribution is -0.151. The third kappa shape index (κ3) is 3.17. The number of aliphatic carboxylic acids is 1. The Morgan fingerprint density at radius 1 is 1.56 bits per heavy atom. The normalized spacial score (nSPS) is 23.1.